The van der Waals surface area contributed by atoms with Gasteiger partial charge in [0.25, 0.3) is 17.7 Å². The number of urea groups is 1. The van der Waals surface area contributed by atoms with Crippen molar-refractivity contribution < 1.29 is 33.4 Å². The standard InChI is InChI=1S/C28H22BrCl2N3O7/c1-3-40-18-7-5-17(6-8-18)34-27(37)19(26(36)33-28(34)38)10-15-11-20(29)25(23(12-15)39-2)41-14-24(35)32-16-4-9-21(30)22(31)13-16/h4-13H,3,14H2,1-2H3,(H,32,35)(H,33,36,38)/b19-10+. The molecule has 0 radical (unpaired) electrons. The Bertz CT molecular complexity index is 1560. The zero-order valence-electron chi connectivity index (χ0n) is 21.6. The summed E-state index contributed by atoms with van der Waals surface area (Å²) in [4.78, 5) is 51.7. The van der Waals surface area contributed by atoms with Gasteiger partial charge in [0.2, 0.25) is 0 Å². The molecule has 0 unspecified atom stereocenters. The van der Waals surface area contributed by atoms with E-state index >= 15 is 0 Å². The topological polar surface area (TPSA) is 123 Å². The zero-order valence-corrected chi connectivity index (χ0v) is 24.7. The lowest BCUT2D eigenvalue weighted by atomic mass is 10.1. The summed E-state index contributed by atoms with van der Waals surface area (Å²) in [6, 6.07) is 13.2. The van der Waals surface area contributed by atoms with Gasteiger partial charge in [-0.1, -0.05) is 23.2 Å². The first-order valence-corrected chi connectivity index (χ1v) is 13.6. The van der Waals surface area contributed by atoms with Crippen LogP contribution in [-0.2, 0) is 14.4 Å². The quantitative estimate of drug-likeness (QED) is 0.218. The highest BCUT2D eigenvalue weighted by Crippen LogP contribution is 2.37. The monoisotopic (exact) mass is 661 g/mol. The van der Waals surface area contributed by atoms with Crippen LogP contribution in [0.5, 0.6) is 17.2 Å². The molecule has 1 fully saturated rings. The molecule has 4 rings (SSSR count). The van der Waals surface area contributed by atoms with Crippen LogP contribution in [0, 0.1) is 0 Å². The van der Waals surface area contributed by atoms with E-state index in [1.54, 1.807) is 42.5 Å². The van der Waals surface area contributed by atoms with Crippen LogP contribution < -0.4 is 29.7 Å². The molecule has 1 aliphatic heterocycles. The Morgan fingerprint density at radius 2 is 1.76 bits per heavy atom. The van der Waals surface area contributed by atoms with Crippen LogP contribution >= 0.6 is 39.1 Å². The van der Waals surface area contributed by atoms with E-state index in [0.717, 1.165) is 4.90 Å². The third-order valence-corrected chi connectivity index (χ3v) is 6.95. The molecule has 0 bridgehead atoms. The molecule has 5 amide bonds. The number of halogens is 3. The first-order chi connectivity index (χ1) is 19.6. The van der Waals surface area contributed by atoms with Crippen LogP contribution in [0.4, 0.5) is 16.2 Å². The molecule has 0 atom stereocenters. The fourth-order valence-electron chi connectivity index (χ4n) is 3.79. The second-order valence-electron chi connectivity index (χ2n) is 8.38. The van der Waals surface area contributed by atoms with Crippen molar-refractivity contribution in [3.63, 3.8) is 0 Å². The van der Waals surface area contributed by atoms with Crippen molar-refractivity contribution in [1.29, 1.82) is 0 Å². The van der Waals surface area contributed by atoms with E-state index in [1.807, 2.05) is 6.92 Å². The van der Waals surface area contributed by atoms with Crippen LogP contribution in [-0.4, -0.2) is 44.1 Å². The number of rotatable bonds is 9. The Hall–Kier alpha value is -4.06. The fraction of sp³-hybridized carbons (Fsp3) is 0.143. The SMILES string of the molecule is CCOc1ccc(N2C(=O)NC(=O)/C(=C\c3cc(Br)c(OCC(=O)Nc4ccc(Cl)c(Cl)c4)c(OC)c3)C2=O)cc1. The molecule has 0 aromatic heterocycles. The summed E-state index contributed by atoms with van der Waals surface area (Å²) >= 11 is 15.3. The molecule has 3 aromatic carbocycles. The van der Waals surface area contributed by atoms with Crippen molar-refractivity contribution in [2.75, 3.05) is 30.5 Å². The van der Waals surface area contributed by atoms with Gasteiger partial charge in [-0.05, 0) is 89.1 Å². The fourth-order valence-corrected chi connectivity index (χ4v) is 4.66. The van der Waals surface area contributed by atoms with Crippen LogP contribution in [0.3, 0.4) is 0 Å². The van der Waals surface area contributed by atoms with Gasteiger partial charge in [0.1, 0.15) is 11.3 Å². The average molecular weight is 663 g/mol. The maximum absolute atomic E-state index is 13.3. The van der Waals surface area contributed by atoms with Gasteiger partial charge >= 0.3 is 6.03 Å². The van der Waals surface area contributed by atoms with Crippen molar-refractivity contribution in [3.8, 4) is 17.2 Å². The number of carbonyl (C=O) groups is 4. The van der Waals surface area contributed by atoms with Crippen LogP contribution in [0.25, 0.3) is 6.08 Å². The molecule has 1 saturated heterocycles. The predicted molar refractivity (Wildman–Crippen MR) is 158 cm³/mol. The molecular formula is C28H22BrCl2N3O7. The molecule has 2 N–H and O–H groups in total. The van der Waals surface area contributed by atoms with E-state index in [9.17, 15) is 19.2 Å². The Labute approximate surface area is 253 Å². The molecule has 41 heavy (non-hydrogen) atoms. The molecule has 10 nitrogen and oxygen atoms in total. The molecule has 13 heteroatoms. The predicted octanol–water partition coefficient (Wildman–Crippen LogP) is 5.85. The van der Waals surface area contributed by atoms with Crippen LogP contribution in [0.1, 0.15) is 12.5 Å². The van der Waals surface area contributed by atoms with Gasteiger partial charge in [0.15, 0.2) is 18.1 Å². The third-order valence-electron chi connectivity index (χ3n) is 5.62. The maximum atomic E-state index is 13.3. The normalized spacial score (nSPS) is 14.1. The van der Waals surface area contributed by atoms with Gasteiger partial charge in [0.05, 0.1) is 33.9 Å². The Morgan fingerprint density at radius 1 is 1.02 bits per heavy atom. The molecule has 0 saturated carbocycles. The molecule has 0 aliphatic carbocycles. The number of anilines is 2. The number of amides is 5. The number of benzene rings is 3. The lowest BCUT2D eigenvalue weighted by Gasteiger charge is -2.26. The van der Waals surface area contributed by atoms with E-state index in [4.69, 9.17) is 37.4 Å². The van der Waals surface area contributed by atoms with E-state index in [-0.39, 0.29) is 34.4 Å². The number of hydrogen-bond donors (Lipinski definition) is 2. The number of nitrogens with zero attached hydrogens (tertiary/aromatic N) is 1. The van der Waals surface area contributed by atoms with Crippen LogP contribution in [0.2, 0.25) is 10.0 Å². The number of nitrogens with one attached hydrogen (secondary N) is 2. The van der Waals surface area contributed by atoms with E-state index < -0.39 is 23.8 Å². The summed E-state index contributed by atoms with van der Waals surface area (Å²) in [5, 5.41) is 5.47. The second-order valence-corrected chi connectivity index (χ2v) is 10.1. The maximum Gasteiger partial charge on any atom is 0.335 e. The molecule has 212 valence electrons. The van der Waals surface area contributed by atoms with Crippen molar-refractivity contribution in [2.45, 2.75) is 6.92 Å². The van der Waals surface area contributed by atoms with Gasteiger partial charge < -0.3 is 19.5 Å². The number of methoxy groups -OCH3 is 1. The number of hydrogen-bond acceptors (Lipinski definition) is 7. The highest BCUT2D eigenvalue weighted by molar-refractivity contribution is 9.10. The summed E-state index contributed by atoms with van der Waals surface area (Å²) in [6.45, 7) is 1.93. The first-order valence-electron chi connectivity index (χ1n) is 12.0. The zero-order chi connectivity index (χ0) is 29.7. The summed E-state index contributed by atoms with van der Waals surface area (Å²) in [7, 11) is 1.39. The van der Waals surface area contributed by atoms with Gasteiger partial charge in [-0.25, -0.2) is 9.69 Å². The number of ether oxygens (including phenoxy) is 3. The number of carbonyl (C=O) groups excluding carboxylic acids is 4. The molecule has 1 aliphatic rings. The highest BCUT2D eigenvalue weighted by atomic mass is 79.9. The van der Waals surface area contributed by atoms with Crippen molar-refractivity contribution >= 4 is 80.3 Å². The van der Waals surface area contributed by atoms with Crippen LogP contribution in [0.15, 0.2) is 64.6 Å². The molecule has 0 spiro atoms. The van der Waals surface area contributed by atoms with Crippen molar-refractivity contribution in [1.82, 2.24) is 5.32 Å². The minimum Gasteiger partial charge on any atom is -0.494 e. The highest BCUT2D eigenvalue weighted by Gasteiger charge is 2.37. The minimum absolute atomic E-state index is 0.213. The summed E-state index contributed by atoms with van der Waals surface area (Å²) in [6.07, 6.45) is 1.32. The molecule has 3 aromatic rings. The second kappa shape index (κ2) is 13.1. The van der Waals surface area contributed by atoms with Crippen molar-refractivity contribution in [3.05, 3.63) is 80.3 Å². The van der Waals surface area contributed by atoms with Crippen molar-refractivity contribution in [2.24, 2.45) is 0 Å². The Morgan fingerprint density at radius 3 is 2.41 bits per heavy atom. The van der Waals surface area contributed by atoms with E-state index in [2.05, 4.69) is 26.6 Å². The number of barbiturate groups is 1. The molecular weight excluding hydrogens is 641 g/mol. The van der Waals surface area contributed by atoms with E-state index in [1.165, 1.54) is 25.3 Å². The lowest BCUT2D eigenvalue weighted by Crippen LogP contribution is -2.54. The number of imide groups is 2. The van der Waals surface area contributed by atoms with E-state index in [0.29, 0.717) is 33.1 Å². The van der Waals surface area contributed by atoms with Gasteiger partial charge in [0, 0.05) is 5.69 Å². The first kappa shape index (κ1) is 29.9. The largest absolute Gasteiger partial charge is 0.494 e. The smallest absolute Gasteiger partial charge is 0.335 e. The summed E-state index contributed by atoms with van der Waals surface area (Å²) in [5.74, 6) is -1.12. The Balaban J connectivity index is 1.53. The Kier molecular flexibility index (Phi) is 9.53. The lowest BCUT2D eigenvalue weighted by molar-refractivity contribution is -0.122. The van der Waals surface area contributed by atoms with Gasteiger partial charge in [-0.2, -0.15) is 0 Å². The average Bonchev–Trinajstić information content (AvgIpc) is 2.93. The summed E-state index contributed by atoms with van der Waals surface area (Å²) in [5.41, 5.74) is 0.813. The van der Waals surface area contributed by atoms with Gasteiger partial charge in [-0.15, -0.1) is 0 Å². The minimum atomic E-state index is -0.872. The third kappa shape index (κ3) is 6.99. The summed E-state index contributed by atoms with van der Waals surface area (Å²) < 4.78 is 16.9. The van der Waals surface area contributed by atoms with Gasteiger partial charge in [-0.3, -0.25) is 19.7 Å². The molecule has 1 heterocycles.